The maximum Gasteiger partial charge on any atom is 0.237 e. The Hall–Kier alpha value is -1.13. The normalized spacial score (nSPS) is 26.5. The number of likely N-dealkylation sites (tertiary alicyclic amines) is 1. The molecule has 1 atom stereocenters. The molecular weight excluding hydrogens is 262 g/mol. The van der Waals surface area contributed by atoms with E-state index in [2.05, 4.69) is 22.1 Å². The molecule has 0 unspecified atom stereocenters. The number of piperidine rings is 1. The van der Waals surface area contributed by atoms with Gasteiger partial charge in [-0.15, -0.1) is 0 Å². The van der Waals surface area contributed by atoms with Crippen LogP contribution in [0.1, 0.15) is 31.7 Å². The van der Waals surface area contributed by atoms with Gasteiger partial charge in [-0.1, -0.05) is 18.5 Å². The van der Waals surface area contributed by atoms with Crippen molar-refractivity contribution in [1.82, 2.24) is 9.88 Å². The van der Waals surface area contributed by atoms with Crippen LogP contribution in [-0.4, -0.2) is 35.4 Å². The van der Waals surface area contributed by atoms with Gasteiger partial charge in [-0.3, -0.25) is 4.79 Å². The number of anilines is 1. The third-order valence-electron chi connectivity index (χ3n) is 4.15. The number of carbonyl (C=O) groups is 1. The SMILES string of the molecule is CCCN1CCC[C@]2(C1)C(=O)Nc1ncc(Cl)cc12. The zero-order valence-electron chi connectivity index (χ0n) is 11.1. The van der Waals surface area contributed by atoms with Crippen LogP contribution in [0.3, 0.4) is 0 Å². The van der Waals surface area contributed by atoms with Crippen molar-refractivity contribution in [3.05, 3.63) is 22.8 Å². The van der Waals surface area contributed by atoms with E-state index >= 15 is 0 Å². The van der Waals surface area contributed by atoms with Crippen molar-refractivity contribution in [3.8, 4) is 0 Å². The lowest BCUT2D eigenvalue weighted by Gasteiger charge is -2.38. The molecule has 2 aliphatic heterocycles. The van der Waals surface area contributed by atoms with Gasteiger partial charge in [0.2, 0.25) is 5.91 Å². The van der Waals surface area contributed by atoms with Gasteiger partial charge in [-0.05, 0) is 38.4 Å². The number of aromatic nitrogens is 1. The van der Waals surface area contributed by atoms with Gasteiger partial charge in [-0.2, -0.15) is 0 Å². The minimum Gasteiger partial charge on any atom is -0.310 e. The van der Waals surface area contributed by atoms with Gasteiger partial charge in [0.05, 0.1) is 10.4 Å². The molecule has 3 rings (SSSR count). The van der Waals surface area contributed by atoms with E-state index in [0.717, 1.165) is 44.5 Å². The van der Waals surface area contributed by atoms with Crippen LogP contribution in [0.15, 0.2) is 12.3 Å². The number of nitrogens with one attached hydrogen (secondary N) is 1. The quantitative estimate of drug-likeness (QED) is 0.904. The molecule has 1 saturated heterocycles. The van der Waals surface area contributed by atoms with Crippen LogP contribution in [0.2, 0.25) is 5.02 Å². The summed E-state index contributed by atoms with van der Waals surface area (Å²) in [5.74, 6) is 0.769. The molecule has 0 aliphatic carbocycles. The first-order valence-corrected chi connectivity index (χ1v) is 7.23. The van der Waals surface area contributed by atoms with Gasteiger partial charge in [-0.25, -0.2) is 4.98 Å². The average Bonchev–Trinajstić information content (AvgIpc) is 2.64. The van der Waals surface area contributed by atoms with E-state index in [1.807, 2.05) is 6.07 Å². The number of halogens is 1. The fourth-order valence-electron chi connectivity index (χ4n) is 3.31. The average molecular weight is 280 g/mol. The monoisotopic (exact) mass is 279 g/mol. The molecule has 1 fully saturated rings. The Labute approximate surface area is 118 Å². The first-order chi connectivity index (χ1) is 9.15. The van der Waals surface area contributed by atoms with Gasteiger partial charge in [0, 0.05) is 18.3 Å². The van der Waals surface area contributed by atoms with Crippen molar-refractivity contribution in [3.63, 3.8) is 0 Å². The van der Waals surface area contributed by atoms with Crippen LogP contribution in [-0.2, 0) is 10.2 Å². The number of hydrogen-bond donors (Lipinski definition) is 1. The van der Waals surface area contributed by atoms with Gasteiger partial charge in [0.25, 0.3) is 0 Å². The Kier molecular flexibility index (Phi) is 3.23. The van der Waals surface area contributed by atoms with Gasteiger partial charge >= 0.3 is 0 Å². The van der Waals surface area contributed by atoms with Crippen molar-refractivity contribution in [1.29, 1.82) is 0 Å². The molecule has 102 valence electrons. The Morgan fingerprint density at radius 3 is 3.21 bits per heavy atom. The molecule has 0 radical (unpaired) electrons. The minimum atomic E-state index is -0.444. The molecule has 1 aromatic heterocycles. The lowest BCUT2D eigenvalue weighted by Crippen LogP contribution is -2.50. The zero-order valence-corrected chi connectivity index (χ0v) is 11.8. The van der Waals surface area contributed by atoms with E-state index < -0.39 is 5.41 Å². The van der Waals surface area contributed by atoms with E-state index in [4.69, 9.17) is 11.6 Å². The number of fused-ring (bicyclic) bond motifs is 2. The van der Waals surface area contributed by atoms with Crippen LogP contribution in [0.25, 0.3) is 0 Å². The van der Waals surface area contributed by atoms with Crippen molar-refractivity contribution in [2.24, 2.45) is 0 Å². The maximum atomic E-state index is 12.4. The Morgan fingerprint density at radius 2 is 2.42 bits per heavy atom. The summed E-state index contributed by atoms with van der Waals surface area (Å²) in [5.41, 5.74) is 0.534. The molecule has 3 heterocycles. The highest BCUT2D eigenvalue weighted by Gasteiger charge is 2.49. The van der Waals surface area contributed by atoms with Crippen LogP contribution in [0, 0.1) is 0 Å². The van der Waals surface area contributed by atoms with E-state index in [9.17, 15) is 4.79 Å². The Balaban J connectivity index is 1.99. The van der Waals surface area contributed by atoms with E-state index in [-0.39, 0.29) is 5.91 Å². The summed E-state index contributed by atoms with van der Waals surface area (Å²) in [5, 5.41) is 3.51. The summed E-state index contributed by atoms with van der Waals surface area (Å²) in [6.45, 7) is 5.06. The summed E-state index contributed by atoms with van der Waals surface area (Å²) in [4.78, 5) is 19.1. The van der Waals surface area contributed by atoms with E-state index in [0.29, 0.717) is 10.8 Å². The molecule has 0 aromatic carbocycles. The highest BCUT2D eigenvalue weighted by atomic mass is 35.5. The fourth-order valence-corrected chi connectivity index (χ4v) is 3.47. The second kappa shape index (κ2) is 4.76. The molecule has 2 aliphatic rings. The lowest BCUT2D eigenvalue weighted by atomic mass is 9.75. The topological polar surface area (TPSA) is 45.2 Å². The van der Waals surface area contributed by atoms with Gasteiger partial charge in [0.1, 0.15) is 5.82 Å². The standard InChI is InChI=1S/C14H18ClN3O/c1-2-5-18-6-3-4-14(9-18)11-7-10(15)8-16-12(11)17-13(14)19/h7-8H,2-6,9H2,1H3,(H,16,17,19)/t14-/m1/s1. The van der Waals surface area contributed by atoms with Crippen LogP contribution < -0.4 is 5.32 Å². The fraction of sp³-hybridized carbons (Fsp3) is 0.571. The lowest BCUT2D eigenvalue weighted by molar-refractivity contribution is -0.122. The number of nitrogens with zero attached hydrogens (tertiary/aromatic N) is 2. The molecule has 0 bridgehead atoms. The van der Waals surface area contributed by atoms with Crippen LogP contribution >= 0.6 is 11.6 Å². The number of pyridine rings is 1. The highest BCUT2D eigenvalue weighted by molar-refractivity contribution is 6.30. The third-order valence-corrected chi connectivity index (χ3v) is 4.35. The smallest absolute Gasteiger partial charge is 0.237 e. The summed E-state index contributed by atoms with van der Waals surface area (Å²) in [6.07, 6.45) is 4.62. The minimum absolute atomic E-state index is 0.0815. The first kappa shape index (κ1) is 12.9. The summed E-state index contributed by atoms with van der Waals surface area (Å²) >= 11 is 6.06. The van der Waals surface area contributed by atoms with E-state index in [1.165, 1.54) is 0 Å². The largest absolute Gasteiger partial charge is 0.310 e. The van der Waals surface area contributed by atoms with Gasteiger partial charge in [0.15, 0.2) is 0 Å². The molecular formula is C14H18ClN3O. The number of hydrogen-bond acceptors (Lipinski definition) is 3. The summed E-state index contributed by atoms with van der Waals surface area (Å²) in [6, 6.07) is 1.90. The molecule has 1 amide bonds. The van der Waals surface area contributed by atoms with Crippen LogP contribution in [0.4, 0.5) is 5.82 Å². The predicted octanol–water partition coefficient (Wildman–Crippen LogP) is 2.43. The summed E-state index contributed by atoms with van der Waals surface area (Å²) < 4.78 is 0. The molecule has 19 heavy (non-hydrogen) atoms. The molecule has 0 saturated carbocycles. The predicted molar refractivity (Wildman–Crippen MR) is 75.5 cm³/mol. The maximum absolute atomic E-state index is 12.4. The number of rotatable bonds is 2. The number of carbonyl (C=O) groups excluding carboxylic acids is 1. The third kappa shape index (κ3) is 2.03. The second-order valence-electron chi connectivity index (χ2n) is 5.47. The summed E-state index contributed by atoms with van der Waals surface area (Å²) in [7, 11) is 0. The number of amides is 1. The van der Waals surface area contributed by atoms with Crippen molar-refractivity contribution < 1.29 is 4.79 Å². The molecule has 5 heteroatoms. The van der Waals surface area contributed by atoms with Crippen LogP contribution in [0.5, 0.6) is 0 Å². The molecule has 1 N–H and O–H groups in total. The second-order valence-corrected chi connectivity index (χ2v) is 5.90. The molecule has 4 nitrogen and oxygen atoms in total. The van der Waals surface area contributed by atoms with E-state index in [1.54, 1.807) is 6.20 Å². The first-order valence-electron chi connectivity index (χ1n) is 6.85. The Bertz CT molecular complexity index is 517. The molecule has 1 spiro atoms. The molecule has 1 aromatic rings. The highest BCUT2D eigenvalue weighted by Crippen LogP contribution is 2.43. The zero-order chi connectivity index (χ0) is 13.5. The van der Waals surface area contributed by atoms with Crippen molar-refractivity contribution >= 4 is 23.3 Å². The Morgan fingerprint density at radius 1 is 1.58 bits per heavy atom. The van der Waals surface area contributed by atoms with Gasteiger partial charge < -0.3 is 10.2 Å². The van der Waals surface area contributed by atoms with Crippen molar-refractivity contribution in [2.45, 2.75) is 31.6 Å². The van der Waals surface area contributed by atoms with Crippen molar-refractivity contribution in [2.75, 3.05) is 25.0 Å².